The van der Waals surface area contributed by atoms with Crippen LogP contribution in [-0.2, 0) is 9.84 Å². The summed E-state index contributed by atoms with van der Waals surface area (Å²) in [7, 11) is -2.79. The van der Waals surface area contributed by atoms with Crippen LogP contribution in [0.5, 0.6) is 5.75 Å². The van der Waals surface area contributed by atoms with Gasteiger partial charge in [0.25, 0.3) is 0 Å². The molecule has 0 aliphatic carbocycles. The summed E-state index contributed by atoms with van der Waals surface area (Å²) in [4.78, 5) is 0. The highest BCUT2D eigenvalue weighted by Gasteiger charge is 2.23. The topological polar surface area (TPSA) is 55.4 Å². The summed E-state index contributed by atoms with van der Waals surface area (Å²) in [6, 6.07) is 8.52. The number of hydrogen-bond donors (Lipinski definition) is 1. The van der Waals surface area contributed by atoms with E-state index in [2.05, 4.69) is 31.3 Å². The summed E-state index contributed by atoms with van der Waals surface area (Å²) in [6.07, 6.45) is 1.47. The summed E-state index contributed by atoms with van der Waals surface area (Å²) in [6.45, 7) is 7.11. The van der Waals surface area contributed by atoms with Crippen LogP contribution in [0.15, 0.2) is 24.3 Å². The largest absolute Gasteiger partial charge is 0.489 e. The van der Waals surface area contributed by atoms with Crippen molar-refractivity contribution in [2.75, 3.05) is 18.1 Å². The number of rotatable bonds is 6. The number of benzene rings is 1. The van der Waals surface area contributed by atoms with Crippen LogP contribution in [-0.4, -0.2) is 38.6 Å². The molecule has 124 valence electrons. The van der Waals surface area contributed by atoms with Gasteiger partial charge in [0.05, 0.1) is 11.5 Å². The van der Waals surface area contributed by atoms with Crippen LogP contribution in [0.1, 0.15) is 45.1 Å². The Morgan fingerprint density at radius 3 is 2.27 bits per heavy atom. The van der Waals surface area contributed by atoms with Crippen LogP contribution in [0.2, 0.25) is 0 Å². The lowest BCUT2D eigenvalue weighted by molar-refractivity contribution is 0.209. The molecule has 1 aromatic carbocycles. The van der Waals surface area contributed by atoms with Gasteiger partial charge in [-0.15, -0.1) is 0 Å². The summed E-state index contributed by atoms with van der Waals surface area (Å²) < 4.78 is 28.7. The summed E-state index contributed by atoms with van der Waals surface area (Å²) in [5, 5.41) is 3.42. The fraction of sp³-hybridized carbons (Fsp3) is 0.647. The number of hydrogen-bond acceptors (Lipinski definition) is 4. The third-order valence-electron chi connectivity index (χ3n) is 4.13. The molecule has 1 aromatic rings. The Labute approximate surface area is 134 Å². The maximum absolute atomic E-state index is 11.4. The highest BCUT2D eigenvalue weighted by Crippen LogP contribution is 2.19. The Bertz CT molecular complexity index is 552. The SMILES string of the molecule is CC(CNC1CCS(=O)(=O)CC1)Oc1ccc(C(C)C)cc1. The van der Waals surface area contributed by atoms with Crippen molar-refractivity contribution in [3.05, 3.63) is 29.8 Å². The van der Waals surface area contributed by atoms with Gasteiger partial charge in [0.2, 0.25) is 0 Å². The maximum atomic E-state index is 11.4. The van der Waals surface area contributed by atoms with Crippen LogP contribution >= 0.6 is 0 Å². The first kappa shape index (κ1) is 17.3. The molecule has 0 spiro atoms. The summed E-state index contributed by atoms with van der Waals surface area (Å²) >= 11 is 0. The van der Waals surface area contributed by atoms with Crippen molar-refractivity contribution >= 4 is 9.84 Å². The summed E-state index contributed by atoms with van der Waals surface area (Å²) in [5.41, 5.74) is 1.31. The molecule has 1 fully saturated rings. The van der Waals surface area contributed by atoms with Gasteiger partial charge in [-0.05, 0) is 43.4 Å². The van der Waals surface area contributed by atoms with E-state index in [0.717, 1.165) is 12.3 Å². The molecule has 5 heteroatoms. The van der Waals surface area contributed by atoms with Gasteiger partial charge in [-0.25, -0.2) is 8.42 Å². The Morgan fingerprint density at radius 2 is 1.73 bits per heavy atom. The zero-order chi connectivity index (χ0) is 16.2. The van der Waals surface area contributed by atoms with Gasteiger partial charge in [-0.1, -0.05) is 26.0 Å². The average Bonchev–Trinajstić information content (AvgIpc) is 2.46. The Hall–Kier alpha value is -1.07. The van der Waals surface area contributed by atoms with Gasteiger partial charge < -0.3 is 10.1 Å². The van der Waals surface area contributed by atoms with Gasteiger partial charge in [0.15, 0.2) is 0 Å². The van der Waals surface area contributed by atoms with Gasteiger partial charge in [-0.3, -0.25) is 0 Å². The van der Waals surface area contributed by atoms with Crippen LogP contribution < -0.4 is 10.1 Å². The van der Waals surface area contributed by atoms with E-state index in [-0.39, 0.29) is 12.1 Å². The van der Waals surface area contributed by atoms with Crippen LogP contribution in [0, 0.1) is 0 Å². The molecule has 1 saturated heterocycles. The smallest absolute Gasteiger partial charge is 0.150 e. The molecule has 0 radical (unpaired) electrons. The fourth-order valence-corrected chi connectivity index (χ4v) is 4.12. The van der Waals surface area contributed by atoms with Crippen molar-refractivity contribution in [1.82, 2.24) is 5.32 Å². The first-order valence-corrected chi connectivity index (χ1v) is 9.88. The van der Waals surface area contributed by atoms with Gasteiger partial charge in [0, 0.05) is 12.6 Å². The highest BCUT2D eigenvalue weighted by molar-refractivity contribution is 7.91. The van der Waals surface area contributed by atoms with Gasteiger partial charge >= 0.3 is 0 Å². The van der Waals surface area contributed by atoms with E-state index in [4.69, 9.17) is 4.74 Å². The van der Waals surface area contributed by atoms with Crippen LogP contribution in [0.4, 0.5) is 0 Å². The van der Waals surface area contributed by atoms with Crippen LogP contribution in [0.25, 0.3) is 0 Å². The van der Waals surface area contributed by atoms with Crippen molar-refractivity contribution < 1.29 is 13.2 Å². The Morgan fingerprint density at radius 1 is 1.14 bits per heavy atom. The minimum absolute atomic E-state index is 0.0587. The molecule has 1 heterocycles. The molecule has 1 atom stereocenters. The predicted molar refractivity (Wildman–Crippen MR) is 90.3 cm³/mol. The van der Waals surface area contributed by atoms with E-state index in [9.17, 15) is 8.42 Å². The third kappa shape index (κ3) is 5.29. The minimum atomic E-state index is -2.79. The molecule has 4 nitrogen and oxygen atoms in total. The maximum Gasteiger partial charge on any atom is 0.150 e. The second-order valence-corrected chi connectivity index (χ2v) is 8.79. The lowest BCUT2D eigenvalue weighted by Crippen LogP contribution is -2.41. The first-order valence-electron chi connectivity index (χ1n) is 8.06. The van der Waals surface area contributed by atoms with Crippen molar-refractivity contribution in [2.45, 2.75) is 51.7 Å². The molecule has 0 aromatic heterocycles. The second kappa shape index (κ2) is 7.47. The molecular weight excluding hydrogens is 298 g/mol. The normalized spacial score (nSPS) is 20.0. The molecular formula is C17H27NO3S. The number of nitrogens with one attached hydrogen (secondary N) is 1. The quantitative estimate of drug-likeness (QED) is 0.874. The third-order valence-corrected chi connectivity index (χ3v) is 5.85. The highest BCUT2D eigenvalue weighted by atomic mass is 32.2. The van der Waals surface area contributed by atoms with E-state index in [1.807, 2.05) is 19.1 Å². The molecule has 1 unspecified atom stereocenters. The van der Waals surface area contributed by atoms with E-state index in [1.54, 1.807) is 0 Å². The number of sulfone groups is 1. The average molecular weight is 325 g/mol. The molecule has 1 aliphatic rings. The zero-order valence-electron chi connectivity index (χ0n) is 13.7. The molecule has 0 amide bonds. The van der Waals surface area contributed by atoms with Gasteiger partial charge in [0.1, 0.15) is 21.7 Å². The lowest BCUT2D eigenvalue weighted by atomic mass is 10.0. The Balaban J connectivity index is 1.75. The van der Waals surface area contributed by atoms with Crippen molar-refractivity contribution in [2.24, 2.45) is 0 Å². The van der Waals surface area contributed by atoms with Crippen LogP contribution in [0.3, 0.4) is 0 Å². The monoisotopic (exact) mass is 325 g/mol. The van der Waals surface area contributed by atoms with Crippen molar-refractivity contribution in [3.63, 3.8) is 0 Å². The standard InChI is InChI=1S/C17H27NO3S/c1-13(2)15-4-6-17(7-5-15)21-14(3)12-18-16-8-10-22(19,20)11-9-16/h4-7,13-14,16,18H,8-12H2,1-3H3. The summed E-state index contributed by atoms with van der Waals surface area (Å²) in [5.74, 6) is 2.01. The minimum Gasteiger partial charge on any atom is -0.489 e. The Kier molecular flexibility index (Phi) is 5.87. The van der Waals surface area contributed by atoms with E-state index < -0.39 is 9.84 Å². The molecule has 1 N–H and O–H groups in total. The fourth-order valence-electron chi connectivity index (χ4n) is 2.63. The number of ether oxygens (including phenoxy) is 1. The zero-order valence-corrected chi connectivity index (χ0v) is 14.5. The van der Waals surface area contributed by atoms with Gasteiger partial charge in [-0.2, -0.15) is 0 Å². The lowest BCUT2D eigenvalue weighted by Gasteiger charge is -2.25. The molecule has 0 saturated carbocycles. The molecule has 1 aliphatic heterocycles. The van der Waals surface area contributed by atoms with Crippen molar-refractivity contribution in [3.8, 4) is 5.75 Å². The predicted octanol–water partition coefficient (Wildman–Crippen LogP) is 2.74. The molecule has 2 rings (SSSR count). The first-order chi connectivity index (χ1) is 10.4. The molecule has 22 heavy (non-hydrogen) atoms. The molecule has 0 bridgehead atoms. The van der Waals surface area contributed by atoms with E-state index in [0.29, 0.717) is 30.3 Å². The van der Waals surface area contributed by atoms with Crippen molar-refractivity contribution in [1.29, 1.82) is 0 Å². The second-order valence-electron chi connectivity index (χ2n) is 6.49. The van der Waals surface area contributed by atoms with E-state index in [1.165, 1.54) is 5.56 Å². The van der Waals surface area contributed by atoms with E-state index >= 15 is 0 Å².